The summed E-state index contributed by atoms with van der Waals surface area (Å²) in [6, 6.07) is 9.82. The van der Waals surface area contributed by atoms with Crippen molar-refractivity contribution in [3.63, 3.8) is 0 Å². The zero-order valence-corrected chi connectivity index (χ0v) is 17.7. The number of amides is 2. The van der Waals surface area contributed by atoms with Crippen molar-refractivity contribution in [1.82, 2.24) is 0 Å². The lowest BCUT2D eigenvalue weighted by molar-refractivity contribution is -0.116. The standard InChI is InChI=1S/C19H19ClN2O4S2/c1-11-3-5-15(14(20)7-11)21-18(23)8-12(2)28(25,26)13-4-6-17-16(9-13)22-19(24)10-27-17/h3-7,9,12H,8,10H2,1-2H3,(H,21,23)(H,22,24)/t12-/m1/s1. The van der Waals surface area contributed by atoms with Crippen LogP contribution in [-0.4, -0.2) is 31.2 Å². The van der Waals surface area contributed by atoms with Gasteiger partial charge in [0.05, 0.1) is 32.3 Å². The van der Waals surface area contributed by atoms with Crippen LogP contribution >= 0.6 is 23.4 Å². The Morgan fingerprint density at radius 2 is 2.04 bits per heavy atom. The third-order valence-corrected chi connectivity index (χ3v) is 7.84. The predicted molar refractivity (Wildman–Crippen MR) is 112 cm³/mol. The monoisotopic (exact) mass is 438 g/mol. The number of sulfone groups is 1. The van der Waals surface area contributed by atoms with Gasteiger partial charge in [-0.15, -0.1) is 11.8 Å². The molecule has 0 aromatic heterocycles. The maximum atomic E-state index is 12.9. The van der Waals surface area contributed by atoms with Crippen LogP contribution in [0.3, 0.4) is 0 Å². The summed E-state index contributed by atoms with van der Waals surface area (Å²) in [6.45, 7) is 3.37. The van der Waals surface area contributed by atoms with Crippen LogP contribution in [0.2, 0.25) is 5.02 Å². The fourth-order valence-electron chi connectivity index (χ4n) is 2.77. The Balaban J connectivity index is 1.74. The Labute approximate surface area is 173 Å². The van der Waals surface area contributed by atoms with Crippen LogP contribution < -0.4 is 10.6 Å². The molecule has 0 bridgehead atoms. The van der Waals surface area contributed by atoms with Gasteiger partial charge >= 0.3 is 0 Å². The number of anilines is 2. The van der Waals surface area contributed by atoms with E-state index in [4.69, 9.17) is 11.6 Å². The first kappa shape index (κ1) is 20.7. The second kappa shape index (κ2) is 8.14. The van der Waals surface area contributed by atoms with E-state index in [9.17, 15) is 18.0 Å². The first-order valence-electron chi connectivity index (χ1n) is 8.53. The topological polar surface area (TPSA) is 92.3 Å². The van der Waals surface area contributed by atoms with Gasteiger partial charge in [0.25, 0.3) is 0 Å². The summed E-state index contributed by atoms with van der Waals surface area (Å²) in [5.41, 5.74) is 1.87. The largest absolute Gasteiger partial charge is 0.325 e. The normalized spacial score (nSPS) is 14.8. The molecule has 0 spiro atoms. The van der Waals surface area contributed by atoms with Crippen molar-refractivity contribution in [1.29, 1.82) is 0 Å². The van der Waals surface area contributed by atoms with Gasteiger partial charge in [-0.1, -0.05) is 17.7 Å². The molecule has 0 fully saturated rings. The summed E-state index contributed by atoms with van der Waals surface area (Å²) in [6.07, 6.45) is -0.218. The molecule has 2 aromatic carbocycles. The second-order valence-electron chi connectivity index (χ2n) is 6.59. The molecule has 6 nitrogen and oxygen atoms in total. The zero-order valence-electron chi connectivity index (χ0n) is 15.3. The summed E-state index contributed by atoms with van der Waals surface area (Å²) >= 11 is 7.46. The predicted octanol–water partition coefficient (Wildman–Crippen LogP) is 3.88. The van der Waals surface area contributed by atoms with Crippen LogP contribution in [0.15, 0.2) is 46.2 Å². The van der Waals surface area contributed by atoms with E-state index in [0.29, 0.717) is 22.2 Å². The van der Waals surface area contributed by atoms with Gasteiger partial charge in [-0.3, -0.25) is 9.59 Å². The SMILES string of the molecule is Cc1ccc(NC(=O)C[C@@H](C)S(=O)(=O)c2ccc3c(c2)NC(=O)CS3)c(Cl)c1. The minimum atomic E-state index is -3.75. The first-order valence-corrected chi connectivity index (χ1v) is 11.4. The Morgan fingerprint density at radius 3 is 2.75 bits per heavy atom. The summed E-state index contributed by atoms with van der Waals surface area (Å²) in [4.78, 5) is 24.8. The number of thioether (sulfide) groups is 1. The van der Waals surface area contributed by atoms with Crippen molar-refractivity contribution >= 4 is 56.4 Å². The highest BCUT2D eigenvalue weighted by Crippen LogP contribution is 2.34. The van der Waals surface area contributed by atoms with E-state index in [2.05, 4.69) is 10.6 Å². The average molecular weight is 439 g/mol. The number of carbonyl (C=O) groups is 2. The molecule has 1 heterocycles. The number of hydrogen-bond acceptors (Lipinski definition) is 5. The van der Waals surface area contributed by atoms with Gasteiger partial charge in [-0.2, -0.15) is 0 Å². The van der Waals surface area contributed by atoms with Crippen LogP contribution in [0.1, 0.15) is 18.9 Å². The Bertz CT molecular complexity index is 1050. The van der Waals surface area contributed by atoms with Crippen LogP contribution in [0.25, 0.3) is 0 Å². The van der Waals surface area contributed by atoms with E-state index < -0.39 is 21.0 Å². The molecule has 2 N–H and O–H groups in total. The molecule has 148 valence electrons. The Hall–Kier alpha value is -2.03. The molecule has 2 amide bonds. The highest BCUT2D eigenvalue weighted by atomic mass is 35.5. The quantitative estimate of drug-likeness (QED) is 0.738. The number of fused-ring (bicyclic) bond motifs is 1. The van der Waals surface area contributed by atoms with Crippen molar-refractivity contribution in [3.8, 4) is 0 Å². The first-order chi connectivity index (χ1) is 13.2. The van der Waals surface area contributed by atoms with Crippen LogP contribution in [0, 0.1) is 6.92 Å². The minimum Gasteiger partial charge on any atom is -0.325 e. The lowest BCUT2D eigenvalue weighted by atomic mass is 10.2. The number of halogens is 1. The smallest absolute Gasteiger partial charge is 0.234 e. The van der Waals surface area contributed by atoms with Gasteiger partial charge in [0.2, 0.25) is 11.8 Å². The molecular formula is C19H19ClN2O4S2. The van der Waals surface area contributed by atoms with E-state index in [1.54, 1.807) is 24.3 Å². The highest BCUT2D eigenvalue weighted by molar-refractivity contribution is 8.00. The Morgan fingerprint density at radius 1 is 1.29 bits per heavy atom. The molecule has 0 radical (unpaired) electrons. The summed E-state index contributed by atoms with van der Waals surface area (Å²) in [7, 11) is -3.75. The number of rotatable bonds is 5. The Kier molecular flexibility index (Phi) is 6.02. The van der Waals surface area contributed by atoms with Crippen LogP contribution in [0.5, 0.6) is 0 Å². The molecule has 0 saturated carbocycles. The maximum absolute atomic E-state index is 12.9. The second-order valence-corrected chi connectivity index (χ2v) is 10.4. The number of benzene rings is 2. The molecule has 1 atom stereocenters. The van der Waals surface area contributed by atoms with Crippen LogP contribution in [-0.2, 0) is 19.4 Å². The zero-order chi connectivity index (χ0) is 20.5. The summed E-state index contributed by atoms with van der Waals surface area (Å²) < 4.78 is 25.7. The van der Waals surface area contributed by atoms with Crippen molar-refractivity contribution in [2.24, 2.45) is 0 Å². The third kappa shape index (κ3) is 4.51. The molecule has 1 aliphatic heterocycles. The van der Waals surface area contributed by atoms with Gasteiger partial charge in [0.1, 0.15) is 0 Å². The number of aryl methyl sites for hydroxylation is 1. The maximum Gasteiger partial charge on any atom is 0.234 e. The molecule has 0 saturated heterocycles. The summed E-state index contributed by atoms with van der Waals surface area (Å²) in [5.74, 6) is -0.310. The fourth-order valence-corrected chi connectivity index (χ4v) is 5.21. The van der Waals surface area contributed by atoms with Crippen molar-refractivity contribution in [2.45, 2.75) is 35.3 Å². The van der Waals surface area contributed by atoms with E-state index in [-0.39, 0.29) is 17.2 Å². The van der Waals surface area contributed by atoms with Gasteiger partial charge in [-0.05, 0) is 49.7 Å². The number of hydrogen-bond donors (Lipinski definition) is 2. The molecule has 0 unspecified atom stereocenters. The number of nitrogens with one attached hydrogen (secondary N) is 2. The molecule has 3 rings (SSSR count). The lowest BCUT2D eigenvalue weighted by Gasteiger charge is -2.19. The van der Waals surface area contributed by atoms with Gasteiger partial charge in [-0.25, -0.2) is 8.42 Å². The average Bonchev–Trinajstić information content (AvgIpc) is 2.63. The van der Waals surface area contributed by atoms with Crippen molar-refractivity contribution in [3.05, 3.63) is 47.0 Å². The van der Waals surface area contributed by atoms with E-state index in [0.717, 1.165) is 10.5 Å². The van der Waals surface area contributed by atoms with Crippen molar-refractivity contribution < 1.29 is 18.0 Å². The molecule has 28 heavy (non-hydrogen) atoms. The summed E-state index contributed by atoms with van der Waals surface area (Å²) in [5, 5.41) is 4.78. The minimum absolute atomic E-state index is 0.0720. The molecule has 9 heteroatoms. The van der Waals surface area contributed by atoms with E-state index in [1.165, 1.54) is 30.8 Å². The van der Waals surface area contributed by atoms with Gasteiger partial charge in [0.15, 0.2) is 9.84 Å². The fraction of sp³-hybridized carbons (Fsp3) is 0.263. The van der Waals surface area contributed by atoms with E-state index in [1.807, 2.05) is 6.92 Å². The van der Waals surface area contributed by atoms with Crippen LogP contribution in [0.4, 0.5) is 11.4 Å². The molecule has 2 aromatic rings. The van der Waals surface area contributed by atoms with Gasteiger partial charge in [0, 0.05) is 11.3 Å². The molecule has 1 aliphatic rings. The molecular weight excluding hydrogens is 420 g/mol. The van der Waals surface area contributed by atoms with Crippen molar-refractivity contribution in [2.75, 3.05) is 16.4 Å². The molecule has 0 aliphatic carbocycles. The number of carbonyl (C=O) groups excluding carboxylic acids is 2. The highest BCUT2D eigenvalue weighted by Gasteiger charge is 2.27. The van der Waals surface area contributed by atoms with Gasteiger partial charge < -0.3 is 10.6 Å². The lowest BCUT2D eigenvalue weighted by Crippen LogP contribution is -2.25. The third-order valence-electron chi connectivity index (χ3n) is 4.31. The van der Waals surface area contributed by atoms with E-state index >= 15 is 0 Å².